The predicted molar refractivity (Wildman–Crippen MR) is 137 cm³/mol. The van der Waals surface area contributed by atoms with Gasteiger partial charge in [-0.05, 0) is 91.4 Å². The van der Waals surface area contributed by atoms with Crippen molar-refractivity contribution in [3.63, 3.8) is 0 Å². The van der Waals surface area contributed by atoms with Crippen molar-refractivity contribution in [2.45, 2.75) is 93.4 Å². The second kappa shape index (κ2) is 7.21. The lowest BCUT2D eigenvalue weighted by Gasteiger charge is -2.69. The first-order chi connectivity index (χ1) is 16.5. The van der Waals surface area contributed by atoms with Gasteiger partial charge in [0.2, 0.25) is 0 Å². The molecule has 36 heavy (non-hydrogen) atoms. The Labute approximate surface area is 215 Å². The van der Waals surface area contributed by atoms with Gasteiger partial charge in [0.05, 0.1) is 5.57 Å². The summed E-state index contributed by atoms with van der Waals surface area (Å²) in [6, 6.07) is 1.98. The second-order valence-corrected chi connectivity index (χ2v) is 14.7. The molecule has 5 rings (SSSR count). The molecular weight excluding hydrogens is 450 g/mol. The molecule has 3 saturated carbocycles. The van der Waals surface area contributed by atoms with Crippen molar-refractivity contribution >= 4 is 17.5 Å². The van der Waals surface area contributed by atoms with E-state index in [1.807, 2.05) is 19.1 Å². The number of ketones is 2. The summed E-state index contributed by atoms with van der Waals surface area (Å²) in [7, 11) is 0. The average molecular weight is 492 g/mol. The van der Waals surface area contributed by atoms with Crippen molar-refractivity contribution in [1.82, 2.24) is 0 Å². The lowest BCUT2D eigenvalue weighted by atomic mass is 9.34. The van der Waals surface area contributed by atoms with Gasteiger partial charge in [-0.3, -0.25) is 14.4 Å². The quantitative estimate of drug-likeness (QED) is 0.435. The number of rotatable bonds is 1. The highest BCUT2D eigenvalue weighted by Gasteiger charge is 2.71. The zero-order chi connectivity index (χ0) is 26.7. The van der Waals surface area contributed by atoms with Crippen LogP contribution in [0.15, 0.2) is 23.3 Å². The number of fused-ring (bicyclic) bond motifs is 7. The Morgan fingerprint density at radius 1 is 1.00 bits per heavy atom. The number of Topliss-reactive ketones (excluding diaryl/α,β-unsaturated/α-hetero) is 1. The molecule has 0 aromatic carbocycles. The van der Waals surface area contributed by atoms with Crippen LogP contribution >= 0.6 is 0 Å². The molecule has 0 spiro atoms. The normalized spacial score (nSPS) is 49.3. The zero-order valence-electron chi connectivity index (χ0n) is 23.0. The number of carbonyl (C=O) groups is 3. The minimum Gasteiger partial charge on any atom is -0.480 e. The lowest BCUT2D eigenvalue weighted by molar-refractivity contribution is -0.182. The number of nitrogens with zero attached hydrogens (tertiary/aromatic N) is 1. The summed E-state index contributed by atoms with van der Waals surface area (Å²) in [6.07, 6.45) is 10.5. The van der Waals surface area contributed by atoms with Crippen LogP contribution in [0.4, 0.5) is 0 Å². The van der Waals surface area contributed by atoms with Crippen LogP contribution in [0, 0.1) is 61.6 Å². The van der Waals surface area contributed by atoms with Gasteiger partial charge in [-0.2, -0.15) is 5.26 Å². The molecule has 0 bridgehead atoms. The number of allylic oxidation sites excluding steroid dienone is 4. The van der Waals surface area contributed by atoms with E-state index in [-0.39, 0.29) is 33.0 Å². The van der Waals surface area contributed by atoms with Gasteiger partial charge in [0.15, 0.2) is 11.6 Å². The standard InChI is InChI=1S/C31H41NO4/c1-26(2)10-11-27(3)12-13-29(5)19(20(27)16-26)14-21(33)23-28(4)15-18(17-32)24(34)31(7,25(35)36)22(28)8-9-30(23,29)6/h14-15,20,22-23H,8-13,16H2,1-7H3,(H,35,36)/t20-,22?,23?,27-,28+,29-,30-,31?/m1/s1. The number of carboxylic acids is 1. The Kier molecular flexibility index (Phi) is 5.09. The summed E-state index contributed by atoms with van der Waals surface area (Å²) in [5.74, 6) is -2.39. The Balaban J connectivity index is 1.71. The Bertz CT molecular complexity index is 1190. The van der Waals surface area contributed by atoms with Gasteiger partial charge in [-0.1, -0.05) is 53.2 Å². The number of carboxylic acid groups (broad SMARTS) is 1. The average Bonchev–Trinajstić information content (AvgIpc) is 2.78. The number of hydrogen-bond donors (Lipinski definition) is 1. The SMILES string of the molecule is CC1(C)CC[C@]2(C)CC[C@]3(C)C(=CC(=O)C4[C@@]5(C)C=C(C#N)C(=O)C(C)(C(=O)O)C5CC[C@]43C)[C@H]2C1. The fraction of sp³-hybridized carbons (Fsp3) is 0.742. The van der Waals surface area contributed by atoms with Crippen molar-refractivity contribution in [2.24, 2.45) is 50.2 Å². The first-order valence-electron chi connectivity index (χ1n) is 13.7. The van der Waals surface area contributed by atoms with E-state index in [1.54, 1.807) is 6.08 Å². The summed E-state index contributed by atoms with van der Waals surface area (Å²) in [5.41, 5.74) is -1.50. The molecule has 0 aromatic rings. The highest BCUT2D eigenvalue weighted by atomic mass is 16.4. The second-order valence-electron chi connectivity index (χ2n) is 14.7. The third-order valence-electron chi connectivity index (χ3n) is 12.4. The molecule has 0 saturated heterocycles. The highest BCUT2D eigenvalue weighted by Crippen LogP contribution is 2.74. The third-order valence-corrected chi connectivity index (χ3v) is 12.4. The molecule has 194 valence electrons. The van der Waals surface area contributed by atoms with Gasteiger partial charge < -0.3 is 5.11 Å². The third kappa shape index (κ3) is 2.85. The Morgan fingerprint density at radius 3 is 2.25 bits per heavy atom. The highest BCUT2D eigenvalue weighted by molar-refractivity contribution is 6.15. The summed E-state index contributed by atoms with van der Waals surface area (Å²) in [6.45, 7) is 15.1. The van der Waals surface area contributed by atoms with Crippen molar-refractivity contribution in [2.75, 3.05) is 0 Å². The molecule has 1 N–H and O–H groups in total. The van der Waals surface area contributed by atoms with E-state index < -0.39 is 34.4 Å². The molecule has 0 heterocycles. The minimum atomic E-state index is -1.71. The van der Waals surface area contributed by atoms with E-state index in [0.717, 1.165) is 19.3 Å². The molecule has 0 radical (unpaired) electrons. The van der Waals surface area contributed by atoms with Crippen LogP contribution in [0.25, 0.3) is 0 Å². The summed E-state index contributed by atoms with van der Waals surface area (Å²) in [5, 5.41) is 20.1. The molecule has 0 amide bonds. The van der Waals surface area contributed by atoms with Gasteiger partial charge in [0, 0.05) is 11.3 Å². The van der Waals surface area contributed by atoms with Crippen LogP contribution in [0.2, 0.25) is 0 Å². The van der Waals surface area contributed by atoms with E-state index >= 15 is 0 Å². The summed E-state index contributed by atoms with van der Waals surface area (Å²) < 4.78 is 0. The molecule has 0 aliphatic heterocycles. The molecule has 8 atom stereocenters. The number of nitriles is 1. The van der Waals surface area contributed by atoms with Crippen molar-refractivity contribution in [1.29, 1.82) is 5.26 Å². The maximum absolute atomic E-state index is 14.3. The molecule has 5 nitrogen and oxygen atoms in total. The summed E-state index contributed by atoms with van der Waals surface area (Å²) in [4.78, 5) is 40.0. The smallest absolute Gasteiger partial charge is 0.317 e. The molecule has 3 fully saturated rings. The number of hydrogen-bond acceptors (Lipinski definition) is 4. The van der Waals surface area contributed by atoms with Crippen molar-refractivity contribution in [3.05, 3.63) is 23.3 Å². The van der Waals surface area contributed by atoms with Gasteiger partial charge in [0.1, 0.15) is 11.5 Å². The zero-order valence-corrected chi connectivity index (χ0v) is 23.0. The van der Waals surface area contributed by atoms with Crippen molar-refractivity contribution in [3.8, 4) is 6.07 Å². The Hall–Kier alpha value is -2.22. The van der Waals surface area contributed by atoms with E-state index in [1.165, 1.54) is 25.3 Å². The van der Waals surface area contributed by atoms with Crippen molar-refractivity contribution < 1.29 is 19.5 Å². The molecule has 3 unspecified atom stereocenters. The fourth-order valence-corrected chi connectivity index (χ4v) is 9.90. The maximum atomic E-state index is 14.3. The summed E-state index contributed by atoms with van der Waals surface area (Å²) >= 11 is 0. The minimum absolute atomic E-state index is 0.0560. The van der Waals surface area contributed by atoms with Crippen LogP contribution in [0.3, 0.4) is 0 Å². The first kappa shape index (κ1) is 25.4. The van der Waals surface area contributed by atoms with E-state index in [9.17, 15) is 24.8 Å². The van der Waals surface area contributed by atoms with Crippen LogP contribution in [0.1, 0.15) is 93.4 Å². The van der Waals surface area contributed by atoms with Crippen LogP contribution < -0.4 is 0 Å². The van der Waals surface area contributed by atoms with Crippen LogP contribution in [0.5, 0.6) is 0 Å². The predicted octanol–water partition coefficient (Wildman–Crippen LogP) is 6.29. The topological polar surface area (TPSA) is 95.2 Å². The molecule has 0 aromatic heterocycles. The van der Waals surface area contributed by atoms with Gasteiger partial charge in [-0.15, -0.1) is 0 Å². The number of carbonyl (C=O) groups excluding carboxylic acids is 2. The fourth-order valence-electron chi connectivity index (χ4n) is 9.90. The maximum Gasteiger partial charge on any atom is 0.317 e. The molecule has 5 heteroatoms. The largest absolute Gasteiger partial charge is 0.480 e. The van der Waals surface area contributed by atoms with E-state index in [4.69, 9.17) is 0 Å². The van der Waals surface area contributed by atoms with Gasteiger partial charge >= 0.3 is 5.97 Å². The lowest BCUT2D eigenvalue weighted by Crippen LogP contribution is -2.66. The van der Waals surface area contributed by atoms with E-state index in [0.29, 0.717) is 18.8 Å². The monoisotopic (exact) mass is 491 g/mol. The molecule has 5 aliphatic rings. The van der Waals surface area contributed by atoms with Gasteiger partial charge in [-0.25, -0.2) is 0 Å². The molecule has 5 aliphatic carbocycles. The molecular formula is C31H41NO4. The Morgan fingerprint density at radius 2 is 1.64 bits per heavy atom. The van der Waals surface area contributed by atoms with Gasteiger partial charge in [0.25, 0.3) is 0 Å². The number of aliphatic carboxylic acids is 1. The van der Waals surface area contributed by atoms with Crippen LogP contribution in [-0.4, -0.2) is 22.6 Å². The first-order valence-corrected chi connectivity index (χ1v) is 13.7. The van der Waals surface area contributed by atoms with E-state index in [2.05, 4.69) is 34.6 Å². The van der Waals surface area contributed by atoms with Crippen LogP contribution in [-0.2, 0) is 14.4 Å².